The minimum absolute atomic E-state index is 0.0835. The molecule has 1 aromatic rings. The van der Waals surface area contributed by atoms with Crippen LogP contribution in [-0.2, 0) is 6.54 Å². The Kier molecular flexibility index (Phi) is 2.19. The van der Waals surface area contributed by atoms with Gasteiger partial charge in [-0.25, -0.2) is 4.79 Å². The van der Waals surface area contributed by atoms with E-state index in [1.54, 1.807) is 6.26 Å². The van der Waals surface area contributed by atoms with Gasteiger partial charge < -0.3 is 14.6 Å². The maximum Gasteiger partial charge on any atom is 0.318 e. The lowest BCUT2D eigenvalue weighted by atomic mass is 9.77. The lowest BCUT2D eigenvalue weighted by Crippen LogP contribution is -2.63. The standard InChI is InChI=1S/C14H18N2O2/c17-14(15-7-11-2-1-5-18-11)16-8-12-9-3-4-10(6-9)13(12)16/h1-2,5,9-10,12-13H,3-4,6-8H2,(H,15,17)/t9-,10-,12+,13+/m0/s1. The lowest BCUT2D eigenvalue weighted by molar-refractivity contribution is 0.0120. The number of rotatable bonds is 2. The SMILES string of the molecule is O=C(NCc1ccco1)N1C[C@@H]2[C@H]3CC[C@@H](C3)[C@H]21. The number of likely N-dealkylation sites (tertiary alicyclic amines) is 1. The van der Waals surface area contributed by atoms with Crippen LogP contribution in [-0.4, -0.2) is 23.5 Å². The van der Waals surface area contributed by atoms with E-state index in [-0.39, 0.29) is 6.03 Å². The Labute approximate surface area is 106 Å². The van der Waals surface area contributed by atoms with E-state index in [2.05, 4.69) is 5.32 Å². The molecule has 18 heavy (non-hydrogen) atoms. The van der Waals surface area contributed by atoms with E-state index in [0.29, 0.717) is 12.6 Å². The maximum atomic E-state index is 12.1. The molecule has 2 aliphatic carbocycles. The van der Waals surface area contributed by atoms with Crippen molar-refractivity contribution in [3.8, 4) is 0 Å². The van der Waals surface area contributed by atoms with Gasteiger partial charge in [0.05, 0.1) is 12.8 Å². The van der Waals surface area contributed by atoms with Gasteiger partial charge in [-0.15, -0.1) is 0 Å². The molecular formula is C14H18N2O2. The van der Waals surface area contributed by atoms with Crippen molar-refractivity contribution < 1.29 is 9.21 Å². The van der Waals surface area contributed by atoms with Gasteiger partial charge in [0, 0.05) is 18.5 Å². The number of nitrogens with one attached hydrogen (secondary N) is 1. The van der Waals surface area contributed by atoms with Gasteiger partial charge in [0.2, 0.25) is 0 Å². The molecule has 2 saturated carbocycles. The second-order valence-corrected chi connectivity index (χ2v) is 5.88. The molecule has 4 atom stereocenters. The first-order chi connectivity index (χ1) is 8.83. The number of urea groups is 1. The summed E-state index contributed by atoms with van der Waals surface area (Å²) >= 11 is 0. The van der Waals surface area contributed by atoms with E-state index in [1.165, 1.54) is 19.3 Å². The zero-order chi connectivity index (χ0) is 12.1. The molecule has 0 unspecified atom stereocenters. The molecular weight excluding hydrogens is 228 g/mol. The third-order valence-electron chi connectivity index (χ3n) is 5.06. The number of hydrogen-bond acceptors (Lipinski definition) is 2. The summed E-state index contributed by atoms with van der Waals surface area (Å²) in [6, 6.07) is 4.36. The van der Waals surface area contributed by atoms with Crippen LogP contribution < -0.4 is 5.32 Å². The normalized spacial score (nSPS) is 36.3. The molecule has 1 aromatic heterocycles. The maximum absolute atomic E-state index is 12.1. The van der Waals surface area contributed by atoms with Crippen molar-refractivity contribution in [3.63, 3.8) is 0 Å². The fourth-order valence-corrected chi connectivity index (χ4v) is 4.23. The van der Waals surface area contributed by atoms with E-state index >= 15 is 0 Å². The Morgan fingerprint density at radius 1 is 1.44 bits per heavy atom. The first kappa shape index (κ1) is 10.5. The molecule has 1 saturated heterocycles. The van der Waals surface area contributed by atoms with E-state index in [9.17, 15) is 4.79 Å². The Morgan fingerprint density at radius 3 is 3.11 bits per heavy atom. The summed E-state index contributed by atoms with van der Waals surface area (Å²) in [5.41, 5.74) is 0. The predicted octanol–water partition coefficient (Wildman–Crippen LogP) is 2.22. The van der Waals surface area contributed by atoms with Crippen LogP contribution in [0.4, 0.5) is 4.79 Å². The van der Waals surface area contributed by atoms with Gasteiger partial charge in [0.1, 0.15) is 5.76 Å². The van der Waals surface area contributed by atoms with Crippen molar-refractivity contribution in [2.24, 2.45) is 17.8 Å². The van der Waals surface area contributed by atoms with Crippen LogP contribution in [0.3, 0.4) is 0 Å². The number of carbonyl (C=O) groups is 1. The Balaban J connectivity index is 1.36. The topological polar surface area (TPSA) is 45.5 Å². The fraction of sp³-hybridized carbons (Fsp3) is 0.643. The second kappa shape index (κ2) is 3.77. The molecule has 4 rings (SSSR count). The molecule has 3 fully saturated rings. The summed E-state index contributed by atoms with van der Waals surface area (Å²) < 4.78 is 5.22. The average molecular weight is 246 g/mol. The number of nitrogens with zero attached hydrogens (tertiary/aromatic N) is 1. The Bertz CT molecular complexity index is 454. The molecule has 0 radical (unpaired) electrons. The molecule has 0 spiro atoms. The number of carbonyl (C=O) groups excluding carboxylic acids is 1. The highest BCUT2D eigenvalue weighted by Crippen LogP contribution is 2.55. The van der Waals surface area contributed by atoms with E-state index in [0.717, 1.165) is 30.1 Å². The van der Waals surface area contributed by atoms with Crippen molar-refractivity contribution in [1.82, 2.24) is 10.2 Å². The second-order valence-electron chi connectivity index (χ2n) is 5.88. The van der Waals surface area contributed by atoms with Crippen LogP contribution in [0.1, 0.15) is 25.0 Å². The van der Waals surface area contributed by atoms with Crippen LogP contribution in [0, 0.1) is 17.8 Å². The number of fused-ring (bicyclic) bond motifs is 5. The van der Waals surface area contributed by atoms with Crippen LogP contribution in [0.25, 0.3) is 0 Å². The highest BCUT2D eigenvalue weighted by Gasteiger charge is 2.57. The lowest BCUT2D eigenvalue weighted by Gasteiger charge is -2.50. The molecule has 2 bridgehead atoms. The molecule has 4 heteroatoms. The molecule has 2 amide bonds. The number of furan rings is 1. The van der Waals surface area contributed by atoms with Crippen molar-refractivity contribution >= 4 is 6.03 Å². The van der Waals surface area contributed by atoms with Crippen molar-refractivity contribution in [2.45, 2.75) is 31.8 Å². The molecule has 2 heterocycles. The van der Waals surface area contributed by atoms with Gasteiger partial charge in [0.15, 0.2) is 0 Å². The van der Waals surface area contributed by atoms with Crippen LogP contribution in [0.15, 0.2) is 22.8 Å². The minimum Gasteiger partial charge on any atom is -0.467 e. The zero-order valence-corrected chi connectivity index (χ0v) is 10.3. The van der Waals surface area contributed by atoms with E-state index in [4.69, 9.17) is 4.42 Å². The van der Waals surface area contributed by atoms with Gasteiger partial charge in [-0.2, -0.15) is 0 Å². The molecule has 96 valence electrons. The predicted molar refractivity (Wildman–Crippen MR) is 65.8 cm³/mol. The summed E-state index contributed by atoms with van der Waals surface area (Å²) in [5.74, 6) is 3.31. The summed E-state index contributed by atoms with van der Waals surface area (Å²) in [5, 5.41) is 2.95. The van der Waals surface area contributed by atoms with Crippen LogP contribution in [0.2, 0.25) is 0 Å². The van der Waals surface area contributed by atoms with Crippen molar-refractivity contribution in [1.29, 1.82) is 0 Å². The average Bonchev–Trinajstić information content (AvgIpc) is 2.99. The highest BCUT2D eigenvalue weighted by molar-refractivity contribution is 5.75. The van der Waals surface area contributed by atoms with Gasteiger partial charge >= 0.3 is 6.03 Å². The Hall–Kier alpha value is -1.45. The van der Waals surface area contributed by atoms with E-state index in [1.807, 2.05) is 17.0 Å². The summed E-state index contributed by atoms with van der Waals surface area (Å²) in [7, 11) is 0. The smallest absolute Gasteiger partial charge is 0.318 e. The minimum atomic E-state index is 0.0835. The van der Waals surface area contributed by atoms with E-state index < -0.39 is 0 Å². The molecule has 3 aliphatic rings. The van der Waals surface area contributed by atoms with Gasteiger partial charge in [-0.3, -0.25) is 0 Å². The molecule has 1 N–H and O–H groups in total. The summed E-state index contributed by atoms with van der Waals surface area (Å²) in [6.45, 7) is 1.46. The van der Waals surface area contributed by atoms with Gasteiger partial charge in [0.25, 0.3) is 0 Å². The monoisotopic (exact) mass is 246 g/mol. The third kappa shape index (κ3) is 1.41. The van der Waals surface area contributed by atoms with Gasteiger partial charge in [-0.05, 0) is 43.2 Å². The molecule has 0 aromatic carbocycles. The highest BCUT2D eigenvalue weighted by atomic mass is 16.3. The first-order valence-electron chi connectivity index (χ1n) is 6.90. The zero-order valence-electron chi connectivity index (χ0n) is 10.3. The van der Waals surface area contributed by atoms with Crippen molar-refractivity contribution in [3.05, 3.63) is 24.2 Å². The van der Waals surface area contributed by atoms with Crippen LogP contribution in [0.5, 0.6) is 0 Å². The third-order valence-corrected chi connectivity index (χ3v) is 5.06. The van der Waals surface area contributed by atoms with Crippen molar-refractivity contribution in [2.75, 3.05) is 6.54 Å². The Morgan fingerprint density at radius 2 is 2.33 bits per heavy atom. The quantitative estimate of drug-likeness (QED) is 0.869. The number of hydrogen-bond donors (Lipinski definition) is 1. The summed E-state index contributed by atoms with van der Waals surface area (Å²) in [4.78, 5) is 14.2. The fourth-order valence-electron chi connectivity index (χ4n) is 4.23. The number of amides is 2. The van der Waals surface area contributed by atoms with Crippen LogP contribution >= 0.6 is 0 Å². The molecule has 4 nitrogen and oxygen atoms in total. The summed E-state index contributed by atoms with van der Waals surface area (Å²) in [6.07, 6.45) is 5.72. The first-order valence-corrected chi connectivity index (χ1v) is 6.90. The van der Waals surface area contributed by atoms with Gasteiger partial charge in [-0.1, -0.05) is 0 Å². The largest absolute Gasteiger partial charge is 0.467 e. The molecule has 1 aliphatic heterocycles.